The van der Waals surface area contributed by atoms with E-state index in [1.54, 1.807) is 29.1 Å². The van der Waals surface area contributed by atoms with E-state index in [0.29, 0.717) is 18.5 Å². The van der Waals surface area contributed by atoms with E-state index in [1.807, 2.05) is 13.8 Å². The maximum Gasteiger partial charge on any atom is 0.392 e. The van der Waals surface area contributed by atoms with Gasteiger partial charge in [-0.25, -0.2) is 9.07 Å². The molecule has 1 N–H and O–H groups in total. The van der Waals surface area contributed by atoms with Gasteiger partial charge in [0.15, 0.2) is 0 Å². The molecule has 2 aliphatic carbocycles. The van der Waals surface area contributed by atoms with E-state index in [0.717, 1.165) is 28.1 Å². The van der Waals surface area contributed by atoms with Crippen molar-refractivity contribution in [1.82, 2.24) is 9.78 Å². The average Bonchev–Trinajstić information content (AvgIpc) is 3.34. The number of nitrogens with zero attached hydrogens (tertiary/aromatic N) is 2. The van der Waals surface area contributed by atoms with Gasteiger partial charge >= 0.3 is 12.8 Å². The number of nitrogens with one attached hydrogen (secondary N) is 1. The van der Waals surface area contributed by atoms with Crippen LogP contribution in [-0.4, -0.2) is 29.1 Å². The number of benzene rings is 2. The van der Waals surface area contributed by atoms with Crippen LogP contribution in [0.1, 0.15) is 44.9 Å². The highest BCUT2D eigenvalue weighted by Crippen LogP contribution is 2.54. The summed E-state index contributed by atoms with van der Waals surface area (Å²) in [6.45, 7) is 3.11. The lowest BCUT2D eigenvalue weighted by Gasteiger charge is -2.46. The standard InChI is InChI=1S/C32H33F6N3O/c1-4-21-15-29-20(17-40-41(29)24-9-5-22(33)6-10-24)16-31(21,3)27-13-14-28(32(36,37)38)26(19(27)2)18-39-23-7-11-25(12-8-23)42-30(34)35/h5-13,15,17,19,26,28,30,39H,4,14,16,18H2,1-3H3/t19?,26-,28?,31+/m1/s1. The zero-order valence-electron chi connectivity index (χ0n) is 23.6. The molecule has 1 aromatic heterocycles. The van der Waals surface area contributed by atoms with Gasteiger partial charge in [-0.15, -0.1) is 0 Å². The molecule has 0 bridgehead atoms. The zero-order valence-corrected chi connectivity index (χ0v) is 23.6. The van der Waals surface area contributed by atoms with Crippen molar-refractivity contribution in [2.45, 2.75) is 52.8 Å². The molecule has 2 unspecified atom stereocenters. The van der Waals surface area contributed by atoms with Crippen molar-refractivity contribution in [3.8, 4) is 11.4 Å². The molecule has 3 aromatic rings. The second-order valence-corrected chi connectivity index (χ2v) is 11.3. The predicted molar refractivity (Wildman–Crippen MR) is 150 cm³/mol. The monoisotopic (exact) mass is 589 g/mol. The Kier molecular flexibility index (Phi) is 8.18. The van der Waals surface area contributed by atoms with Crippen molar-refractivity contribution in [1.29, 1.82) is 0 Å². The summed E-state index contributed by atoms with van der Waals surface area (Å²) in [5.74, 6) is -3.03. The molecule has 10 heteroatoms. The van der Waals surface area contributed by atoms with Gasteiger partial charge in [0.2, 0.25) is 0 Å². The van der Waals surface area contributed by atoms with Crippen LogP contribution in [-0.2, 0) is 6.42 Å². The van der Waals surface area contributed by atoms with Crippen molar-refractivity contribution in [2.24, 2.45) is 23.2 Å². The number of aromatic nitrogens is 2. The molecule has 0 saturated heterocycles. The van der Waals surface area contributed by atoms with Gasteiger partial charge in [0, 0.05) is 17.6 Å². The van der Waals surface area contributed by atoms with Crippen LogP contribution < -0.4 is 10.1 Å². The van der Waals surface area contributed by atoms with Crippen LogP contribution in [0.25, 0.3) is 11.8 Å². The van der Waals surface area contributed by atoms with E-state index in [-0.39, 0.29) is 24.5 Å². The second kappa shape index (κ2) is 11.5. The number of alkyl halides is 5. The molecule has 4 nitrogen and oxygen atoms in total. The minimum atomic E-state index is -4.38. The van der Waals surface area contributed by atoms with E-state index in [1.165, 1.54) is 36.4 Å². The number of hydrogen-bond acceptors (Lipinski definition) is 3. The van der Waals surface area contributed by atoms with Crippen LogP contribution in [0.15, 0.2) is 72.0 Å². The molecular formula is C32H33F6N3O. The summed E-state index contributed by atoms with van der Waals surface area (Å²) in [5, 5.41) is 7.67. The third-order valence-corrected chi connectivity index (χ3v) is 8.82. The van der Waals surface area contributed by atoms with Crippen LogP contribution in [0.3, 0.4) is 0 Å². The summed E-state index contributed by atoms with van der Waals surface area (Å²) < 4.78 is 87.4. The van der Waals surface area contributed by atoms with E-state index >= 15 is 0 Å². The molecule has 0 spiro atoms. The molecule has 5 rings (SSSR count). The highest BCUT2D eigenvalue weighted by molar-refractivity contribution is 5.63. The SMILES string of the molecule is CCC1=Cc2c(cnn2-c2ccc(F)cc2)C[C@]1(C)C1=CCC(C(F)(F)F)[C@H](CNc2ccc(OC(F)F)cc2)C1C. The van der Waals surface area contributed by atoms with Gasteiger partial charge in [-0.05, 0) is 91.3 Å². The minimum absolute atomic E-state index is 0.0220. The summed E-state index contributed by atoms with van der Waals surface area (Å²) in [7, 11) is 0. The summed E-state index contributed by atoms with van der Waals surface area (Å²) in [4.78, 5) is 0. The molecule has 2 aromatic carbocycles. The Bertz CT molecular complexity index is 1460. The maximum atomic E-state index is 14.3. The topological polar surface area (TPSA) is 39.1 Å². The van der Waals surface area contributed by atoms with Gasteiger partial charge in [0.25, 0.3) is 0 Å². The van der Waals surface area contributed by atoms with Gasteiger partial charge in [-0.2, -0.15) is 27.1 Å². The Morgan fingerprint density at radius 3 is 2.40 bits per heavy atom. The van der Waals surface area contributed by atoms with Crippen molar-refractivity contribution in [3.63, 3.8) is 0 Å². The Labute approximate surface area is 241 Å². The summed E-state index contributed by atoms with van der Waals surface area (Å²) in [5.41, 5.74) is 4.70. The van der Waals surface area contributed by atoms with Crippen LogP contribution >= 0.6 is 0 Å². The summed E-state index contributed by atoms with van der Waals surface area (Å²) in [6.07, 6.45) is 2.44. The number of fused-ring (bicyclic) bond motifs is 1. The Hall–Kier alpha value is -3.69. The fourth-order valence-corrected chi connectivity index (χ4v) is 6.68. The lowest BCUT2D eigenvalue weighted by atomic mass is 9.59. The fraction of sp³-hybridized carbons (Fsp3) is 0.406. The lowest BCUT2D eigenvalue weighted by molar-refractivity contribution is -0.192. The van der Waals surface area contributed by atoms with Gasteiger partial charge in [0.1, 0.15) is 11.6 Å². The van der Waals surface area contributed by atoms with Crippen LogP contribution in [0.2, 0.25) is 0 Å². The smallest absolute Gasteiger partial charge is 0.392 e. The van der Waals surface area contributed by atoms with E-state index in [4.69, 9.17) is 0 Å². The lowest BCUT2D eigenvalue weighted by Crippen LogP contribution is -2.44. The molecule has 2 aliphatic rings. The van der Waals surface area contributed by atoms with Crippen molar-refractivity contribution in [2.75, 3.05) is 11.9 Å². The van der Waals surface area contributed by atoms with E-state index in [9.17, 15) is 26.3 Å². The quantitative estimate of drug-likeness (QED) is 0.211. The number of ether oxygens (including phenoxy) is 1. The molecule has 0 fully saturated rings. The molecule has 0 aliphatic heterocycles. The van der Waals surface area contributed by atoms with Gasteiger partial charge < -0.3 is 10.1 Å². The van der Waals surface area contributed by atoms with Crippen LogP contribution in [0.4, 0.5) is 32.0 Å². The minimum Gasteiger partial charge on any atom is -0.435 e. The van der Waals surface area contributed by atoms with Crippen molar-refractivity contribution in [3.05, 3.63) is 89.0 Å². The van der Waals surface area contributed by atoms with Gasteiger partial charge in [-0.1, -0.05) is 38.0 Å². The summed E-state index contributed by atoms with van der Waals surface area (Å²) in [6, 6.07) is 11.8. The molecule has 1 heterocycles. The number of rotatable bonds is 8. The third-order valence-electron chi connectivity index (χ3n) is 8.82. The van der Waals surface area contributed by atoms with E-state index in [2.05, 4.69) is 28.2 Å². The van der Waals surface area contributed by atoms with Crippen LogP contribution in [0, 0.1) is 29.0 Å². The largest absolute Gasteiger partial charge is 0.435 e. The Morgan fingerprint density at radius 1 is 1.10 bits per heavy atom. The zero-order chi connectivity index (χ0) is 30.2. The first-order valence-electron chi connectivity index (χ1n) is 14.0. The molecule has 0 radical (unpaired) electrons. The maximum absolute atomic E-state index is 14.3. The first kappa shape index (κ1) is 29.8. The fourth-order valence-electron chi connectivity index (χ4n) is 6.68. The molecule has 224 valence electrons. The predicted octanol–water partition coefficient (Wildman–Crippen LogP) is 8.84. The van der Waals surface area contributed by atoms with Gasteiger partial charge in [-0.3, -0.25) is 0 Å². The number of anilines is 1. The van der Waals surface area contributed by atoms with Crippen LogP contribution in [0.5, 0.6) is 5.75 Å². The highest BCUT2D eigenvalue weighted by atomic mass is 19.4. The highest BCUT2D eigenvalue weighted by Gasteiger charge is 2.51. The number of halogens is 6. The molecule has 42 heavy (non-hydrogen) atoms. The normalized spacial score (nSPS) is 24.2. The van der Waals surface area contributed by atoms with Gasteiger partial charge in [0.05, 0.1) is 23.5 Å². The van der Waals surface area contributed by atoms with E-state index < -0.39 is 36.0 Å². The summed E-state index contributed by atoms with van der Waals surface area (Å²) >= 11 is 0. The molecule has 4 atom stereocenters. The van der Waals surface area contributed by atoms with Crippen molar-refractivity contribution >= 4 is 11.8 Å². The number of allylic oxidation sites excluding steroid dienone is 3. The Balaban J connectivity index is 1.42. The number of hydrogen-bond donors (Lipinski definition) is 1. The molecule has 0 amide bonds. The average molecular weight is 590 g/mol. The Morgan fingerprint density at radius 2 is 1.79 bits per heavy atom. The second-order valence-electron chi connectivity index (χ2n) is 11.3. The third kappa shape index (κ3) is 5.80. The molecular weight excluding hydrogens is 556 g/mol. The first-order chi connectivity index (χ1) is 19.9. The first-order valence-corrected chi connectivity index (χ1v) is 14.0. The van der Waals surface area contributed by atoms with Crippen molar-refractivity contribution < 1.29 is 31.1 Å². The molecule has 0 saturated carbocycles.